The Morgan fingerprint density at radius 2 is 2.00 bits per heavy atom. The number of nitrogens with one attached hydrogen (secondary N) is 1. The highest BCUT2D eigenvalue weighted by molar-refractivity contribution is 7.90. The molecule has 0 aromatic rings. The van der Waals surface area contributed by atoms with Crippen molar-refractivity contribution in [3.8, 4) is 0 Å². The molecule has 5 nitrogen and oxygen atoms in total. The molecule has 0 amide bonds. The topological polar surface area (TPSA) is 75.6 Å². The van der Waals surface area contributed by atoms with E-state index in [2.05, 4.69) is 5.32 Å². The maximum Gasteiger partial charge on any atom is 0.296 e. The minimum absolute atomic E-state index is 0.167. The highest BCUT2D eigenvalue weighted by Crippen LogP contribution is 2.40. The van der Waals surface area contributed by atoms with Crippen molar-refractivity contribution in [2.24, 2.45) is 0 Å². The molecule has 70 valence electrons. The zero-order chi connectivity index (χ0) is 9.64. The Kier molecular flexibility index (Phi) is 1.73. The fourth-order valence-corrected chi connectivity index (χ4v) is 2.19. The second kappa shape index (κ2) is 2.57. The van der Waals surface area contributed by atoms with Crippen LogP contribution >= 0.6 is 0 Å². The Bertz CT molecular complexity index is 395. The van der Waals surface area contributed by atoms with E-state index in [4.69, 9.17) is 9.29 Å². The Hall–Kier alpha value is -0.850. The molecule has 0 atom stereocenters. The summed E-state index contributed by atoms with van der Waals surface area (Å²) in [5, 5.41) is 2.77. The van der Waals surface area contributed by atoms with Crippen molar-refractivity contribution in [3.05, 3.63) is 34.9 Å². The highest BCUT2D eigenvalue weighted by Gasteiger charge is 2.43. The summed E-state index contributed by atoms with van der Waals surface area (Å²) in [5.41, 5.74) is 0. The van der Waals surface area contributed by atoms with Gasteiger partial charge in [-0.25, -0.2) is 0 Å². The largest absolute Gasteiger partial charge is 0.497 e. The van der Waals surface area contributed by atoms with Gasteiger partial charge in [0.25, 0.3) is 10.1 Å². The van der Waals surface area contributed by atoms with Crippen molar-refractivity contribution >= 4 is 10.1 Å². The van der Waals surface area contributed by atoms with Gasteiger partial charge >= 0.3 is 0 Å². The van der Waals surface area contributed by atoms with E-state index in [-0.39, 0.29) is 10.7 Å². The molecule has 2 N–H and O–H groups in total. The molecular weight excluding hydrogens is 194 g/mol. The van der Waals surface area contributed by atoms with E-state index in [1.165, 1.54) is 7.11 Å². The van der Waals surface area contributed by atoms with E-state index in [0.717, 1.165) is 0 Å². The van der Waals surface area contributed by atoms with E-state index in [1.807, 2.05) is 0 Å². The highest BCUT2D eigenvalue weighted by atomic mass is 32.2. The molecule has 2 rings (SSSR count). The van der Waals surface area contributed by atoms with Crippen LogP contribution < -0.4 is 5.32 Å². The van der Waals surface area contributed by atoms with E-state index < -0.39 is 10.1 Å². The fraction of sp³-hybridized carbons (Fsp3) is 0.143. The lowest BCUT2D eigenvalue weighted by molar-refractivity contribution is 0.291. The smallest absolute Gasteiger partial charge is 0.296 e. The van der Waals surface area contributed by atoms with Crippen LogP contribution in [0, 0.1) is 12.1 Å². The summed E-state index contributed by atoms with van der Waals surface area (Å²) in [6.07, 6.45) is 3.25. The Morgan fingerprint density at radius 3 is 2.46 bits per heavy atom. The molecule has 2 heterocycles. The normalized spacial score (nSPS) is 23.2. The predicted molar refractivity (Wildman–Crippen MR) is 44.3 cm³/mol. The van der Waals surface area contributed by atoms with Crippen molar-refractivity contribution in [2.45, 2.75) is 0 Å². The summed E-state index contributed by atoms with van der Waals surface area (Å²) < 4.78 is 35.5. The van der Waals surface area contributed by atoms with Crippen LogP contribution in [0.3, 0.4) is 0 Å². The summed E-state index contributed by atoms with van der Waals surface area (Å²) in [5.74, 6) is 0.167. The summed E-state index contributed by atoms with van der Waals surface area (Å²) in [7, 11) is -2.86. The van der Waals surface area contributed by atoms with E-state index >= 15 is 0 Å². The van der Waals surface area contributed by atoms with Crippen LogP contribution in [0.5, 0.6) is 0 Å². The Labute approximate surface area is 75.8 Å². The van der Waals surface area contributed by atoms with Gasteiger partial charge in [-0.05, 0) is 0 Å². The average molecular weight is 201 g/mol. The first-order valence-corrected chi connectivity index (χ1v) is 4.93. The van der Waals surface area contributed by atoms with Crippen LogP contribution in [0.4, 0.5) is 0 Å². The van der Waals surface area contributed by atoms with Crippen molar-refractivity contribution in [2.75, 3.05) is 7.11 Å². The zero-order valence-electron chi connectivity index (χ0n) is 6.73. The first-order chi connectivity index (χ1) is 6.04. The van der Waals surface area contributed by atoms with Crippen LogP contribution in [0.15, 0.2) is 22.8 Å². The molecule has 2 aliphatic rings. The molecule has 0 aliphatic carbocycles. The maximum atomic E-state index is 10.9. The number of ether oxygens (including phenoxy) is 1. The van der Waals surface area contributed by atoms with Crippen LogP contribution in [0.1, 0.15) is 0 Å². The van der Waals surface area contributed by atoms with Gasteiger partial charge in [-0.3, -0.25) is 9.87 Å². The number of fused-ring (bicyclic) bond motifs is 2. The van der Waals surface area contributed by atoms with Gasteiger partial charge in [0.15, 0.2) is 0 Å². The SMILES string of the molecule is COC1=C(S(=O)(=O)O)[C]2C=C[C]1N2. The molecule has 0 aromatic carbocycles. The van der Waals surface area contributed by atoms with Gasteiger partial charge in [0.2, 0.25) is 0 Å². The number of hydrogen-bond donors (Lipinski definition) is 2. The van der Waals surface area contributed by atoms with Crippen molar-refractivity contribution in [3.63, 3.8) is 0 Å². The van der Waals surface area contributed by atoms with Crippen LogP contribution in [-0.2, 0) is 14.9 Å². The van der Waals surface area contributed by atoms with Crippen molar-refractivity contribution in [1.82, 2.24) is 5.32 Å². The molecule has 2 aliphatic heterocycles. The Balaban J connectivity index is 2.51. The molecule has 0 fully saturated rings. The third kappa shape index (κ3) is 1.18. The lowest BCUT2D eigenvalue weighted by atomic mass is 10.2. The quantitative estimate of drug-likeness (QED) is 0.613. The second-order valence-corrected chi connectivity index (χ2v) is 3.98. The lowest BCUT2D eigenvalue weighted by Crippen LogP contribution is -2.14. The first kappa shape index (κ1) is 8.74. The maximum absolute atomic E-state index is 10.9. The third-order valence-electron chi connectivity index (χ3n) is 1.84. The molecule has 2 radical (unpaired) electrons. The number of rotatable bonds is 2. The van der Waals surface area contributed by atoms with Gasteiger partial charge in [0.1, 0.15) is 22.7 Å². The van der Waals surface area contributed by atoms with Gasteiger partial charge in [0, 0.05) is 0 Å². The lowest BCUT2D eigenvalue weighted by Gasteiger charge is -2.09. The second-order valence-electron chi connectivity index (χ2n) is 2.62. The zero-order valence-corrected chi connectivity index (χ0v) is 7.55. The molecule has 0 unspecified atom stereocenters. The minimum Gasteiger partial charge on any atom is -0.497 e. The molecule has 13 heavy (non-hydrogen) atoms. The van der Waals surface area contributed by atoms with Crippen molar-refractivity contribution < 1.29 is 17.7 Å². The third-order valence-corrected chi connectivity index (χ3v) is 2.76. The summed E-state index contributed by atoms with van der Waals surface area (Å²) >= 11 is 0. The van der Waals surface area contributed by atoms with E-state index in [1.54, 1.807) is 12.2 Å². The summed E-state index contributed by atoms with van der Waals surface area (Å²) in [6.45, 7) is 0. The van der Waals surface area contributed by atoms with Crippen molar-refractivity contribution in [1.29, 1.82) is 0 Å². The summed E-state index contributed by atoms with van der Waals surface area (Å²) in [6, 6.07) is 0.916. The number of methoxy groups -OCH3 is 1. The number of hydrogen-bond acceptors (Lipinski definition) is 4. The molecule has 2 bridgehead atoms. The Morgan fingerprint density at radius 1 is 1.38 bits per heavy atom. The van der Waals surface area contributed by atoms with Gasteiger partial charge in [0.05, 0.1) is 7.11 Å². The van der Waals surface area contributed by atoms with Gasteiger partial charge in [-0.1, -0.05) is 12.2 Å². The monoisotopic (exact) mass is 201 g/mol. The first-order valence-electron chi connectivity index (χ1n) is 3.49. The molecule has 0 aromatic heterocycles. The molecule has 6 heteroatoms. The van der Waals surface area contributed by atoms with Gasteiger partial charge in [-0.15, -0.1) is 0 Å². The van der Waals surface area contributed by atoms with Gasteiger partial charge in [-0.2, -0.15) is 8.42 Å². The van der Waals surface area contributed by atoms with E-state index in [0.29, 0.717) is 12.1 Å². The minimum atomic E-state index is -4.21. The summed E-state index contributed by atoms with van der Waals surface area (Å²) in [4.78, 5) is -0.187. The standard InChI is InChI=1S/C7H7NO4S/c1-12-6-4-2-3-5(8-4)7(6)13(9,10)11/h2-3,8H,1H3,(H,9,10,11). The van der Waals surface area contributed by atoms with Crippen LogP contribution in [-0.4, -0.2) is 20.1 Å². The van der Waals surface area contributed by atoms with Gasteiger partial charge < -0.3 is 4.74 Å². The average Bonchev–Trinajstić information content (AvgIpc) is 2.59. The fourth-order valence-electron chi connectivity index (χ4n) is 1.36. The molecule has 0 saturated carbocycles. The molecule has 0 saturated heterocycles. The molecular formula is C7H7NO4S. The molecule has 0 spiro atoms. The van der Waals surface area contributed by atoms with E-state index in [9.17, 15) is 8.42 Å². The van der Waals surface area contributed by atoms with Crippen LogP contribution in [0.25, 0.3) is 0 Å². The van der Waals surface area contributed by atoms with Crippen LogP contribution in [0.2, 0.25) is 0 Å². The predicted octanol–water partition coefficient (Wildman–Crippen LogP) is -0.0308.